The number of likely N-dealkylation sites (N-methyl/N-ethyl adjacent to an activating group) is 1. The van der Waals surface area contributed by atoms with Crippen LogP contribution < -0.4 is 5.32 Å². The van der Waals surface area contributed by atoms with Crippen molar-refractivity contribution in [2.45, 2.75) is 40.2 Å². The summed E-state index contributed by atoms with van der Waals surface area (Å²) in [5.74, 6) is 0.0811. The fourth-order valence-corrected chi connectivity index (χ4v) is 3.56. The van der Waals surface area contributed by atoms with Gasteiger partial charge in [-0.3, -0.25) is 9.69 Å². The molecule has 1 amide bonds. The van der Waals surface area contributed by atoms with E-state index in [9.17, 15) is 13.2 Å². The molecule has 1 aromatic rings. The van der Waals surface area contributed by atoms with E-state index >= 15 is 0 Å². The Balaban J connectivity index is 2.61. The highest BCUT2D eigenvalue weighted by atomic mass is 32.2. The van der Waals surface area contributed by atoms with Crippen molar-refractivity contribution in [3.05, 3.63) is 29.8 Å². The highest BCUT2D eigenvalue weighted by molar-refractivity contribution is 7.91. The van der Waals surface area contributed by atoms with Crippen molar-refractivity contribution in [1.82, 2.24) is 4.90 Å². The molecular weight excluding hydrogens is 312 g/mol. The van der Waals surface area contributed by atoms with Gasteiger partial charge < -0.3 is 5.32 Å². The van der Waals surface area contributed by atoms with E-state index in [1.807, 2.05) is 43.0 Å². The quantitative estimate of drug-likeness (QED) is 0.749. The van der Waals surface area contributed by atoms with Gasteiger partial charge in [-0.25, -0.2) is 8.42 Å². The third kappa shape index (κ3) is 6.71. The van der Waals surface area contributed by atoms with Crippen LogP contribution in [-0.2, 0) is 21.1 Å². The maximum atomic E-state index is 12.2. The fourth-order valence-electron chi connectivity index (χ4n) is 2.38. The van der Waals surface area contributed by atoms with Gasteiger partial charge in [0.05, 0.1) is 12.3 Å². The van der Waals surface area contributed by atoms with Crippen molar-refractivity contribution in [2.75, 3.05) is 29.9 Å². The van der Waals surface area contributed by atoms with Gasteiger partial charge >= 0.3 is 0 Å². The fraction of sp³-hybridized carbons (Fsp3) is 0.588. The molecule has 23 heavy (non-hydrogen) atoms. The van der Waals surface area contributed by atoms with Crippen molar-refractivity contribution >= 4 is 21.4 Å². The largest absolute Gasteiger partial charge is 0.325 e. The summed E-state index contributed by atoms with van der Waals surface area (Å²) in [6.07, 6.45) is 0.960. The average Bonchev–Trinajstić information content (AvgIpc) is 2.52. The molecule has 0 saturated heterocycles. The van der Waals surface area contributed by atoms with Crippen molar-refractivity contribution in [3.63, 3.8) is 0 Å². The third-order valence-corrected chi connectivity index (χ3v) is 5.83. The second-order valence-electron chi connectivity index (χ2n) is 5.71. The maximum Gasteiger partial charge on any atom is 0.238 e. The van der Waals surface area contributed by atoms with Crippen LogP contribution in [0.5, 0.6) is 0 Å². The molecule has 1 aromatic carbocycles. The molecule has 1 N–H and O–H groups in total. The molecule has 0 fully saturated rings. The first-order valence-corrected chi connectivity index (χ1v) is 9.96. The van der Waals surface area contributed by atoms with E-state index < -0.39 is 9.84 Å². The minimum absolute atomic E-state index is 0.0792. The van der Waals surface area contributed by atoms with Gasteiger partial charge in [-0.2, -0.15) is 0 Å². The van der Waals surface area contributed by atoms with Crippen LogP contribution in [0.25, 0.3) is 0 Å². The van der Waals surface area contributed by atoms with Gasteiger partial charge in [0, 0.05) is 17.5 Å². The number of anilines is 1. The van der Waals surface area contributed by atoms with Crippen LogP contribution in [0, 0.1) is 0 Å². The second kappa shape index (κ2) is 9.03. The zero-order valence-corrected chi connectivity index (χ0v) is 15.3. The lowest BCUT2D eigenvalue weighted by Crippen LogP contribution is -2.42. The van der Waals surface area contributed by atoms with Crippen molar-refractivity contribution < 1.29 is 13.2 Å². The standard InChI is InChI=1S/C17H28N2O3S/c1-5-15-8-10-16(11-9-15)18-17(20)12-19(6-2)14(4)13-23(21,22)7-3/h8-11,14H,5-7,12-13H2,1-4H3,(H,18,20). The molecule has 0 aliphatic heterocycles. The lowest BCUT2D eigenvalue weighted by molar-refractivity contribution is -0.117. The molecule has 1 atom stereocenters. The lowest BCUT2D eigenvalue weighted by Gasteiger charge is -2.26. The van der Waals surface area contributed by atoms with E-state index in [1.54, 1.807) is 6.92 Å². The highest BCUT2D eigenvalue weighted by Crippen LogP contribution is 2.10. The first-order valence-electron chi connectivity index (χ1n) is 8.14. The Morgan fingerprint density at radius 3 is 2.26 bits per heavy atom. The zero-order valence-electron chi connectivity index (χ0n) is 14.5. The molecule has 0 saturated carbocycles. The Morgan fingerprint density at radius 1 is 1.17 bits per heavy atom. The number of nitrogens with one attached hydrogen (secondary N) is 1. The summed E-state index contributed by atoms with van der Waals surface area (Å²) < 4.78 is 23.5. The Morgan fingerprint density at radius 2 is 1.78 bits per heavy atom. The normalized spacial score (nSPS) is 13.1. The van der Waals surface area contributed by atoms with Crippen molar-refractivity contribution in [3.8, 4) is 0 Å². The Hall–Kier alpha value is -1.40. The predicted octanol–water partition coefficient (Wildman–Crippen LogP) is 2.33. The summed E-state index contributed by atoms with van der Waals surface area (Å²) in [5.41, 5.74) is 1.98. The number of carbonyl (C=O) groups is 1. The second-order valence-corrected chi connectivity index (χ2v) is 8.11. The van der Waals surface area contributed by atoms with Crippen LogP contribution in [0.4, 0.5) is 5.69 Å². The summed E-state index contributed by atoms with van der Waals surface area (Å²) in [6, 6.07) is 7.57. The van der Waals surface area contributed by atoms with Crippen molar-refractivity contribution in [2.24, 2.45) is 0 Å². The average molecular weight is 340 g/mol. The first-order chi connectivity index (χ1) is 10.8. The summed E-state index contributed by atoms with van der Waals surface area (Å²) in [4.78, 5) is 14.1. The number of aryl methyl sites for hydroxylation is 1. The third-order valence-electron chi connectivity index (χ3n) is 3.96. The van der Waals surface area contributed by atoms with E-state index in [-0.39, 0.29) is 30.0 Å². The van der Waals surface area contributed by atoms with Gasteiger partial charge in [0.15, 0.2) is 9.84 Å². The Kier molecular flexibility index (Phi) is 7.72. The smallest absolute Gasteiger partial charge is 0.238 e. The number of rotatable bonds is 9. The minimum Gasteiger partial charge on any atom is -0.325 e. The maximum absolute atomic E-state index is 12.2. The molecule has 0 spiro atoms. The van der Waals surface area contributed by atoms with Crippen molar-refractivity contribution in [1.29, 1.82) is 0 Å². The summed E-state index contributed by atoms with van der Waals surface area (Å²) in [7, 11) is -3.05. The number of sulfone groups is 1. The van der Waals surface area contributed by atoms with Gasteiger partial charge in [0.1, 0.15) is 0 Å². The number of carbonyl (C=O) groups excluding carboxylic acids is 1. The Labute approximate surface area is 140 Å². The molecule has 130 valence electrons. The van der Waals surface area contributed by atoms with Gasteiger partial charge in [0.25, 0.3) is 0 Å². The molecular formula is C17H28N2O3S. The van der Waals surface area contributed by atoms with Crippen LogP contribution in [0.1, 0.15) is 33.3 Å². The molecule has 6 heteroatoms. The van der Waals surface area contributed by atoms with Crippen LogP contribution in [0.2, 0.25) is 0 Å². The molecule has 0 heterocycles. The number of nitrogens with zero attached hydrogens (tertiary/aromatic N) is 1. The predicted molar refractivity (Wildman–Crippen MR) is 95.5 cm³/mol. The van der Waals surface area contributed by atoms with Crippen LogP contribution in [0.15, 0.2) is 24.3 Å². The van der Waals surface area contributed by atoms with E-state index in [4.69, 9.17) is 0 Å². The van der Waals surface area contributed by atoms with Crippen LogP contribution in [-0.4, -0.2) is 49.9 Å². The molecule has 1 rings (SSSR count). The first kappa shape index (κ1) is 19.6. The van der Waals surface area contributed by atoms with Gasteiger partial charge in [-0.1, -0.05) is 32.9 Å². The zero-order chi connectivity index (χ0) is 17.5. The molecule has 0 radical (unpaired) electrons. The number of benzene rings is 1. The molecule has 5 nitrogen and oxygen atoms in total. The number of hydrogen-bond acceptors (Lipinski definition) is 4. The summed E-state index contributed by atoms with van der Waals surface area (Å²) in [6.45, 7) is 8.32. The number of amides is 1. The van der Waals surface area contributed by atoms with Crippen LogP contribution >= 0.6 is 0 Å². The van der Waals surface area contributed by atoms with Gasteiger partial charge in [0.2, 0.25) is 5.91 Å². The van der Waals surface area contributed by atoms with E-state index in [0.29, 0.717) is 6.54 Å². The van der Waals surface area contributed by atoms with E-state index in [0.717, 1.165) is 12.1 Å². The summed E-state index contributed by atoms with van der Waals surface area (Å²) in [5, 5.41) is 2.86. The number of hydrogen-bond donors (Lipinski definition) is 1. The lowest BCUT2D eigenvalue weighted by atomic mass is 10.1. The molecule has 0 aliphatic rings. The topological polar surface area (TPSA) is 66.5 Å². The van der Waals surface area contributed by atoms with Crippen LogP contribution in [0.3, 0.4) is 0 Å². The van der Waals surface area contributed by atoms with E-state index in [1.165, 1.54) is 5.56 Å². The van der Waals surface area contributed by atoms with Gasteiger partial charge in [-0.05, 0) is 37.6 Å². The summed E-state index contributed by atoms with van der Waals surface area (Å²) >= 11 is 0. The minimum atomic E-state index is -3.05. The monoisotopic (exact) mass is 340 g/mol. The van der Waals surface area contributed by atoms with E-state index in [2.05, 4.69) is 12.2 Å². The molecule has 0 bridgehead atoms. The molecule has 0 aromatic heterocycles. The molecule has 1 unspecified atom stereocenters. The SMILES string of the molecule is CCc1ccc(NC(=O)CN(CC)C(C)CS(=O)(=O)CC)cc1. The molecule has 0 aliphatic carbocycles. The van der Waals surface area contributed by atoms with Gasteiger partial charge in [-0.15, -0.1) is 0 Å². The highest BCUT2D eigenvalue weighted by Gasteiger charge is 2.21. The Bertz CT molecular complexity index is 597.